The Kier molecular flexibility index (Phi) is 3.48. The van der Waals surface area contributed by atoms with Crippen molar-refractivity contribution in [2.24, 2.45) is 17.8 Å². The van der Waals surface area contributed by atoms with Crippen LogP contribution in [0.5, 0.6) is 0 Å². The number of aliphatic carboxylic acids is 1. The van der Waals surface area contributed by atoms with Crippen molar-refractivity contribution in [2.45, 2.75) is 44.9 Å². The molecule has 1 heterocycles. The fourth-order valence-corrected chi connectivity index (χ4v) is 4.48. The van der Waals surface area contributed by atoms with Gasteiger partial charge in [-0.15, -0.1) is 11.3 Å². The predicted octanol–water partition coefficient (Wildman–Crippen LogP) is 3.35. The molecule has 0 radical (unpaired) electrons. The fourth-order valence-electron chi connectivity index (χ4n) is 3.60. The van der Waals surface area contributed by atoms with Crippen LogP contribution >= 0.6 is 11.3 Å². The molecule has 0 amide bonds. The first kappa shape index (κ1) is 13.9. The second-order valence-corrected chi connectivity index (χ2v) is 7.64. The van der Waals surface area contributed by atoms with E-state index < -0.39 is 11.4 Å². The van der Waals surface area contributed by atoms with Crippen molar-refractivity contribution >= 4 is 22.4 Å². The number of hydrogen-bond acceptors (Lipinski definition) is 4. The maximum atomic E-state index is 11.2. The molecule has 2 saturated carbocycles. The highest BCUT2D eigenvalue weighted by atomic mass is 32.1. The van der Waals surface area contributed by atoms with Gasteiger partial charge < -0.3 is 10.4 Å². The van der Waals surface area contributed by atoms with Gasteiger partial charge >= 0.3 is 5.97 Å². The zero-order valence-electron chi connectivity index (χ0n) is 12.1. The van der Waals surface area contributed by atoms with Crippen LogP contribution in [0.2, 0.25) is 0 Å². The van der Waals surface area contributed by atoms with Crippen LogP contribution in [-0.4, -0.2) is 22.6 Å². The van der Waals surface area contributed by atoms with Crippen molar-refractivity contribution in [1.29, 1.82) is 0 Å². The van der Waals surface area contributed by atoms with Gasteiger partial charge in [0, 0.05) is 11.9 Å². The molecule has 0 saturated heterocycles. The number of thiazole rings is 1. The highest BCUT2D eigenvalue weighted by molar-refractivity contribution is 7.13. The third kappa shape index (κ3) is 2.43. The van der Waals surface area contributed by atoms with Gasteiger partial charge in [0.15, 0.2) is 5.13 Å². The van der Waals surface area contributed by atoms with E-state index in [1.165, 1.54) is 37.0 Å². The lowest BCUT2D eigenvalue weighted by atomic mass is 9.89. The first-order valence-corrected chi connectivity index (χ1v) is 8.28. The average Bonchev–Trinajstić information content (AvgIpc) is 3.12. The molecule has 2 aliphatic rings. The highest BCUT2D eigenvalue weighted by Crippen LogP contribution is 2.48. The normalized spacial score (nSPS) is 28.8. The van der Waals surface area contributed by atoms with Gasteiger partial charge in [0.25, 0.3) is 0 Å². The second kappa shape index (κ2) is 5.02. The fraction of sp³-hybridized carbons (Fsp3) is 0.733. The van der Waals surface area contributed by atoms with Crippen molar-refractivity contribution in [2.75, 3.05) is 11.9 Å². The summed E-state index contributed by atoms with van der Waals surface area (Å²) in [6, 6.07) is 0. The zero-order chi connectivity index (χ0) is 14.3. The summed E-state index contributed by atoms with van der Waals surface area (Å²) >= 11 is 1.51. The van der Waals surface area contributed by atoms with Crippen LogP contribution in [0.15, 0.2) is 5.38 Å². The first-order valence-electron chi connectivity index (χ1n) is 7.40. The van der Waals surface area contributed by atoms with E-state index >= 15 is 0 Å². The van der Waals surface area contributed by atoms with Gasteiger partial charge in [-0.25, -0.2) is 4.98 Å². The molecule has 2 aliphatic carbocycles. The third-order valence-electron chi connectivity index (χ3n) is 5.08. The number of fused-ring (bicyclic) bond motifs is 2. The van der Waals surface area contributed by atoms with Gasteiger partial charge in [-0.05, 0) is 50.9 Å². The van der Waals surface area contributed by atoms with E-state index in [2.05, 4.69) is 10.3 Å². The lowest BCUT2D eigenvalue weighted by molar-refractivity contribution is -0.142. The lowest BCUT2D eigenvalue weighted by Gasteiger charge is -2.21. The molecular formula is C15H22N2O2S. The zero-order valence-corrected chi connectivity index (χ0v) is 12.9. The second-order valence-electron chi connectivity index (χ2n) is 6.78. The summed E-state index contributed by atoms with van der Waals surface area (Å²) in [5.74, 6) is 1.82. The number of carboxylic acids is 1. The van der Waals surface area contributed by atoms with Gasteiger partial charge in [-0.2, -0.15) is 0 Å². The van der Waals surface area contributed by atoms with Crippen LogP contribution < -0.4 is 5.32 Å². The van der Waals surface area contributed by atoms with Crippen molar-refractivity contribution in [3.8, 4) is 0 Å². The molecule has 0 aromatic carbocycles. The van der Waals surface area contributed by atoms with Crippen molar-refractivity contribution < 1.29 is 9.90 Å². The van der Waals surface area contributed by atoms with Crippen molar-refractivity contribution in [1.82, 2.24) is 4.98 Å². The van der Waals surface area contributed by atoms with Crippen LogP contribution in [-0.2, 0) is 10.2 Å². The molecule has 20 heavy (non-hydrogen) atoms. The number of carboxylic acid groups (broad SMARTS) is 1. The maximum absolute atomic E-state index is 11.2. The Morgan fingerprint density at radius 2 is 2.30 bits per heavy atom. The molecule has 110 valence electrons. The minimum absolute atomic E-state index is 0.644. The monoisotopic (exact) mass is 294 g/mol. The number of carbonyl (C=O) groups is 1. The minimum Gasteiger partial charge on any atom is -0.481 e. The Bertz CT molecular complexity index is 512. The van der Waals surface area contributed by atoms with E-state index in [1.54, 1.807) is 13.8 Å². The Labute approximate surface area is 123 Å². The van der Waals surface area contributed by atoms with Crippen molar-refractivity contribution in [3.05, 3.63) is 11.1 Å². The molecular weight excluding hydrogens is 272 g/mol. The quantitative estimate of drug-likeness (QED) is 0.874. The summed E-state index contributed by atoms with van der Waals surface area (Å²) in [7, 11) is 0. The van der Waals surface area contributed by atoms with Gasteiger partial charge in [-0.3, -0.25) is 4.79 Å². The van der Waals surface area contributed by atoms with Crippen LogP contribution in [0, 0.1) is 17.8 Å². The molecule has 0 aliphatic heterocycles. The minimum atomic E-state index is -0.914. The van der Waals surface area contributed by atoms with Gasteiger partial charge in [0.05, 0.1) is 5.69 Å². The molecule has 0 spiro atoms. The summed E-state index contributed by atoms with van der Waals surface area (Å²) in [5, 5.41) is 15.4. The Balaban J connectivity index is 1.59. The maximum Gasteiger partial charge on any atom is 0.315 e. The highest BCUT2D eigenvalue weighted by Gasteiger charge is 2.39. The lowest BCUT2D eigenvalue weighted by Crippen LogP contribution is -2.29. The molecule has 2 N–H and O–H groups in total. The molecule has 3 unspecified atom stereocenters. The number of hydrogen-bond donors (Lipinski definition) is 2. The predicted molar refractivity (Wildman–Crippen MR) is 80.2 cm³/mol. The summed E-state index contributed by atoms with van der Waals surface area (Å²) in [5.41, 5.74) is -0.270. The molecule has 2 bridgehead atoms. The van der Waals surface area contributed by atoms with E-state index in [0.717, 1.165) is 29.4 Å². The summed E-state index contributed by atoms with van der Waals surface area (Å²) in [4.78, 5) is 15.7. The number of rotatable bonds is 5. The molecule has 3 rings (SSSR count). The Morgan fingerprint density at radius 3 is 2.90 bits per heavy atom. The van der Waals surface area contributed by atoms with Crippen molar-refractivity contribution in [3.63, 3.8) is 0 Å². The van der Waals surface area contributed by atoms with E-state index in [0.29, 0.717) is 5.69 Å². The van der Waals surface area contributed by atoms with Gasteiger partial charge in [0.2, 0.25) is 0 Å². The summed E-state index contributed by atoms with van der Waals surface area (Å²) in [6.07, 6.45) is 5.60. The molecule has 4 nitrogen and oxygen atoms in total. The largest absolute Gasteiger partial charge is 0.481 e. The molecule has 5 heteroatoms. The van der Waals surface area contributed by atoms with Crippen LogP contribution in [0.25, 0.3) is 0 Å². The summed E-state index contributed by atoms with van der Waals surface area (Å²) in [6.45, 7) is 4.38. The summed E-state index contributed by atoms with van der Waals surface area (Å²) < 4.78 is 0. The number of nitrogens with zero attached hydrogens (tertiary/aromatic N) is 1. The first-order chi connectivity index (χ1) is 9.46. The third-order valence-corrected chi connectivity index (χ3v) is 5.88. The van der Waals surface area contributed by atoms with Crippen LogP contribution in [0.3, 0.4) is 0 Å². The Morgan fingerprint density at radius 1 is 1.50 bits per heavy atom. The van der Waals surface area contributed by atoms with Gasteiger partial charge in [-0.1, -0.05) is 6.42 Å². The number of anilines is 1. The van der Waals surface area contributed by atoms with E-state index in [4.69, 9.17) is 0 Å². The van der Waals surface area contributed by atoms with Gasteiger partial charge in [0.1, 0.15) is 5.41 Å². The van der Waals surface area contributed by atoms with E-state index in [9.17, 15) is 9.90 Å². The van der Waals surface area contributed by atoms with E-state index in [1.807, 2.05) is 5.38 Å². The number of aromatic nitrogens is 1. The van der Waals surface area contributed by atoms with Crippen LogP contribution in [0.1, 0.15) is 45.2 Å². The SMILES string of the molecule is CC(C)(C(=O)O)c1csc(NCC2CC3CCC2C3)n1. The molecule has 1 aromatic rings. The smallest absolute Gasteiger partial charge is 0.315 e. The molecule has 3 atom stereocenters. The molecule has 1 aromatic heterocycles. The average molecular weight is 294 g/mol. The Hall–Kier alpha value is -1.10. The molecule has 2 fully saturated rings. The van der Waals surface area contributed by atoms with Crippen LogP contribution in [0.4, 0.5) is 5.13 Å². The number of nitrogens with one attached hydrogen (secondary N) is 1. The topological polar surface area (TPSA) is 62.2 Å². The standard InChI is InChI=1S/C15H22N2O2S/c1-15(2,13(18)19)12-8-20-14(17-12)16-7-11-6-9-3-4-10(11)5-9/h8-11H,3-7H2,1-2H3,(H,16,17)(H,18,19). The van der Waals surface area contributed by atoms with E-state index in [-0.39, 0.29) is 0 Å².